The van der Waals surface area contributed by atoms with Crippen molar-refractivity contribution in [1.82, 2.24) is 14.6 Å². The Morgan fingerprint density at radius 3 is 2.50 bits per heavy atom. The maximum absolute atomic E-state index is 6.28. The average molecular weight is 406 g/mol. The fourth-order valence-electron chi connectivity index (χ4n) is 4.60. The van der Waals surface area contributed by atoms with Crippen LogP contribution in [0, 0.1) is 20.8 Å². The van der Waals surface area contributed by atoms with Gasteiger partial charge in [-0.1, -0.05) is 32.0 Å². The third-order valence-corrected chi connectivity index (χ3v) is 6.28. The van der Waals surface area contributed by atoms with Gasteiger partial charge in [0.15, 0.2) is 5.65 Å². The molecular formula is C25H31N3O2. The first-order valence-corrected chi connectivity index (χ1v) is 10.8. The monoisotopic (exact) mass is 405 g/mol. The molecule has 3 heterocycles. The van der Waals surface area contributed by atoms with Crippen LogP contribution in [0.25, 0.3) is 27.9 Å². The Morgan fingerprint density at radius 1 is 1.10 bits per heavy atom. The molecule has 0 saturated carbocycles. The van der Waals surface area contributed by atoms with Gasteiger partial charge < -0.3 is 9.15 Å². The van der Waals surface area contributed by atoms with Crippen molar-refractivity contribution in [2.45, 2.75) is 66.4 Å². The fourth-order valence-corrected chi connectivity index (χ4v) is 4.60. The van der Waals surface area contributed by atoms with E-state index in [4.69, 9.17) is 19.2 Å². The molecule has 5 heteroatoms. The van der Waals surface area contributed by atoms with Crippen molar-refractivity contribution >= 4 is 16.6 Å². The zero-order valence-corrected chi connectivity index (χ0v) is 19.0. The van der Waals surface area contributed by atoms with Crippen LogP contribution in [0.3, 0.4) is 0 Å². The summed E-state index contributed by atoms with van der Waals surface area (Å²) < 4.78 is 13.9. The number of benzene rings is 1. The Hall–Kier alpha value is -2.66. The van der Waals surface area contributed by atoms with Crippen LogP contribution in [0.5, 0.6) is 0 Å². The first-order valence-electron chi connectivity index (χ1n) is 10.8. The molecule has 0 unspecified atom stereocenters. The molecule has 0 radical (unpaired) electrons. The van der Waals surface area contributed by atoms with Crippen molar-refractivity contribution in [1.29, 1.82) is 0 Å². The van der Waals surface area contributed by atoms with E-state index >= 15 is 0 Å². The minimum absolute atomic E-state index is 0.0442. The highest BCUT2D eigenvalue weighted by atomic mass is 16.5. The summed E-state index contributed by atoms with van der Waals surface area (Å²) in [5.74, 6) is 1.35. The number of fused-ring (bicyclic) bond motifs is 2. The van der Waals surface area contributed by atoms with E-state index in [1.165, 1.54) is 5.56 Å². The second kappa shape index (κ2) is 7.88. The molecular weight excluding hydrogens is 374 g/mol. The number of rotatable bonds is 6. The molecule has 0 amide bonds. The minimum atomic E-state index is -0.0442. The van der Waals surface area contributed by atoms with Gasteiger partial charge in [0, 0.05) is 23.6 Å². The summed E-state index contributed by atoms with van der Waals surface area (Å²) in [5, 5.41) is 5.95. The fraction of sp³-hybridized carbons (Fsp3) is 0.440. The summed E-state index contributed by atoms with van der Waals surface area (Å²) in [6.45, 7) is 12.7. The van der Waals surface area contributed by atoms with Crippen molar-refractivity contribution in [3.8, 4) is 11.3 Å². The van der Waals surface area contributed by atoms with Gasteiger partial charge >= 0.3 is 0 Å². The SMILES string of the molecule is CCC(CC)c1cc(C)nn2c(-c3c(C)oc4c([C@@H](C)OC)cccc34)c(C)nc12. The van der Waals surface area contributed by atoms with Crippen molar-refractivity contribution in [2.75, 3.05) is 7.11 Å². The Bertz CT molecular complexity index is 1210. The van der Waals surface area contributed by atoms with Crippen LogP contribution in [0.15, 0.2) is 28.7 Å². The quantitative estimate of drug-likeness (QED) is 0.359. The smallest absolute Gasteiger partial charge is 0.157 e. The van der Waals surface area contributed by atoms with Crippen LogP contribution < -0.4 is 0 Å². The molecule has 3 aromatic heterocycles. The van der Waals surface area contributed by atoms with Crippen molar-refractivity contribution in [2.24, 2.45) is 0 Å². The van der Waals surface area contributed by atoms with Gasteiger partial charge in [-0.2, -0.15) is 5.10 Å². The highest BCUT2D eigenvalue weighted by molar-refractivity contribution is 5.97. The molecule has 30 heavy (non-hydrogen) atoms. The van der Waals surface area contributed by atoms with Gasteiger partial charge in [0.2, 0.25) is 0 Å². The number of para-hydroxylation sites is 1. The summed E-state index contributed by atoms with van der Waals surface area (Å²) >= 11 is 0. The second-order valence-electron chi connectivity index (χ2n) is 8.17. The molecule has 0 aliphatic rings. The summed E-state index contributed by atoms with van der Waals surface area (Å²) in [6, 6.07) is 8.45. The molecule has 5 nitrogen and oxygen atoms in total. The van der Waals surface area contributed by atoms with Gasteiger partial charge in [-0.05, 0) is 52.5 Å². The van der Waals surface area contributed by atoms with Gasteiger partial charge in [-0.3, -0.25) is 0 Å². The lowest BCUT2D eigenvalue weighted by atomic mass is 9.95. The first kappa shape index (κ1) is 20.6. The number of aromatic nitrogens is 3. The highest BCUT2D eigenvalue weighted by Crippen LogP contribution is 2.40. The predicted molar refractivity (Wildman–Crippen MR) is 121 cm³/mol. The first-order chi connectivity index (χ1) is 14.4. The molecule has 1 atom stereocenters. The van der Waals surface area contributed by atoms with Crippen LogP contribution in [0.4, 0.5) is 0 Å². The lowest BCUT2D eigenvalue weighted by Gasteiger charge is -2.14. The minimum Gasteiger partial charge on any atom is -0.460 e. The number of aryl methyl sites for hydroxylation is 3. The molecule has 0 aliphatic carbocycles. The van der Waals surface area contributed by atoms with Crippen molar-refractivity contribution in [3.63, 3.8) is 0 Å². The molecule has 0 spiro atoms. The lowest BCUT2D eigenvalue weighted by molar-refractivity contribution is 0.120. The van der Waals surface area contributed by atoms with Crippen molar-refractivity contribution in [3.05, 3.63) is 52.5 Å². The zero-order chi connectivity index (χ0) is 21.6. The summed E-state index contributed by atoms with van der Waals surface area (Å²) in [5.41, 5.74) is 8.21. The van der Waals surface area contributed by atoms with Crippen LogP contribution >= 0.6 is 0 Å². The van der Waals surface area contributed by atoms with E-state index in [1.54, 1.807) is 7.11 Å². The maximum atomic E-state index is 6.28. The van der Waals surface area contributed by atoms with Crippen LogP contribution in [0.2, 0.25) is 0 Å². The van der Waals surface area contributed by atoms with Gasteiger partial charge in [0.25, 0.3) is 0 Å². The van der Waals surface area contributed by atoms with E-state index in [2.05, 4.69) is 52.0 Å². The maximum Gasteiger partial charge on any atom is 0.157 e. The van der Waals surface area contributed by atoms with E-state index in [1.807, 2.05) is 18.4 Å². The third-order valence-electron chi connectivity index (χ3n) is 6.28. The predicted octanol–water partition coefficient (Wildman–Crippen LogP) is 6.68. The Balaban J connectivity index is 2.05. The molecule has 158 valence electrons. The van der Waals surface area contributed by atoms with Crippen LogP contribution in [-0.4, -0.2) is 21.7 Å². The Labute approximate surface area is 178 Å². The molecule has 0 aliphatic heterocycles. The average Bonchev–Trinajstić information content (AvgIpc) is 3.23. The van der Waals surface area contributed by atoms with E-state index in [0.29, 0.717) is 5.92 Å². The second-order valence-corrected chi connectivity index (χ2v) is 8.17. The largest absolute Gasteiger partial charge is 0.460 e. The van der Waals surface area contributed by atoms with E-state index in [0.717, 1.165) is 63.4 Å². The van der Waals surface area contributed by atoms with Crippen molar-refractivity contribution < 1.29 is 9.15 Å². The Morgan fingerprint density at radius 2 is 1.83 bits per heavy atom. The van der Waals surface area contributed by atoms with E-state index in [-0.39, 0.29) is 6.10 Å². The summed E-state index contributed by atoms with van der Waals surface area (Å²) in [6.07, 6.45) is 2.13. The molecule has 0 bridgehead atoms. The van der Waals surface area contributed by atoms with Gasteiger partial charge in [-0.15, -0.1) is 0 Å². The molecule has 4 aromatic rings. The number of hydrogen-bond acceptors (Lipinski definition) is 4. The van der Waals surface area contributed by atoms with Gasteiger partial charge in [0.05, 0.1) is 28.7 Å². The number of furan rings is 1. The van der Waals surface area contributed by atoms with Gasteiger partial charge in [0.1, 0.15) is 11.3 Å². The van der Waals surface area contributed by atoms with Crippen LogP contribution in [0.1, 0.15) is 73.9 Å². The number of nitrogens with zero attached hydrogens (tertiary/aromatic N) is 3. The lowest BCUT2D eigenvalue weighted by Crippen LogP contribution is -2.05. The molecule has 4 rings (SSSR count). The summed E-state index contributed by atoms with van der Waals surface area (Å²) in [4.78, 5) is 4.98. The van der Waals surface area contributed by atoms with Crippen LogP contribution in [-0.2, 0) is 4.74 Å². The number of hydrogen-bond donors (Lipinski definition) is 0. The number of imidazole rings is 1. The standard InChI is InChI=1S/C25H31N3O2/c1-8-18(9-2)21-13-14(3)27-28-23(15(4)26-25(21)28)22-17(6)30-24-19(16(5)29-7)11-10-12-20(22)24/h10-13,16,18H,8-9H2,1-7H3/t16-/m1/s1. The summed E-state index contributed by atoms with van der Waals surface area (Å²) in [7, 11) is 1.72. The molecule has 0 N–H and O–H groups in total. The topological polar surface area (TPSA) is 52.6 Å². The Kier molecular flexibility index (Phi) is 5.41. The third kappa shape index (κ3) is 3.12. The molecule has 0 saturated heterocycles. The van der Waals surface area contributed by atoms with Gasteiger partial charge in [-0.25, -0.2) is 9.50 Å². The highest BCUT2D eigenvalue weighted by Gasteiger charge is 2.25. The number of ether oxygens (including phenoxy) is 1. The molecule has 1 aromatic carbocycles. The number of methoxy groups -OCH3 is 1. The van der Waals surface area contributed by atoms with E-state index < -0.39 is 0 Å². The zero-order valence-electron chi connectivity index (χ0n) is 19.0. The van der Waals surface area contributed by atoms with E-state index in [9.17, 15) is 0 Å². The normalized spacial score (nSPS) is 13.1. The molecule has 0 fully saturated rings.